The van der Waals surface area contributed by atoms with Gasteiger partial charge in [0.25, 0.3) is 5.91 Å². The van der Waals surface area contributed by atoms with Gasteiger partial charge in [0, 0.05) is 4.88 Å². The lowest BCUT2D eigenvalue weighted by Crippen LogP contribution is -2.20. The van der Waals surface area contributed by atoms with E-state index in [0.29, 0.717) is 22.1 Å². The lowest BCUT2D eigenvalue weighted by molar-refractivity contribution is -0.118. The van der Waals surface area contributed by atoms with Gasteiger partial charge in [-0.15, -0.1) is 11.3 Å². The molecule has 0 spiro atoms. The van der Waals surface area contributed by atoms with Crippen LogP contribution in [-0.4, -0.2) is 19.6 Å². The zero-order valence-corrected chi connectivity index (χ0v) is 15.6. The predicted molar refractivity (Wildman–Crippen MR) is 103 cm³/mol. The molecule has 0 fully saturated rings. The minimum atomic E-state index is -0.291. The zero-order valence-electron chi connectivity index (χ0n) is 14.8. The average molecular weight is 368 g/mol. The third kappa shape index (κ3) is 3.73. The van der Waals surface area contributed by atoms with Gasteiger partial charge in [-0.2, -0.15) is 5.26 Å². The number of ether oxygens (including phenoxy) is 2. The number of nitriles is 1. The summed E-state index contributed by atoms with van der Waals surface area (Å²) in [7, 11) is 1.56. The molecule has 1 amide bonds. The molecule has 134 valence electrons. The minimum absolute atomic E-state index is 0.146. The molecule has 0 unspecified atom stereocenters. The summed E-state index contributed by atoms with van der Waals surface area (Å²) in [4.78, 5) is 13.5. The van der Waals surface area contributed by atoms with E-state index < -0.39 is 0 Å². The van der Waals surface area contributed by atoms with Crippen LogP contribution in [0.15, 0.2) is 24.3 Å². The Labute approximate surface area is 156 Å². The standard InChI is InChI=1S/C20H20N2O3S/c1-3-5-13-8-9-16(17(10-13)24-2)25-12-19(23)22-20-15(11-21)14-6-4-7-18(14)26-20/h3,5,8-10H,4,6-7,12H2,1-2H3,(H,22,23)/b5-3+. The Kier molecular flexibility index (Phi) is 5.59. The molecule has 1 aromatic heterocycles. The molecule has 1 aliphatic rings. The molecule has 0 atom stereocenters. The molecule has 5 nitrogen and oxygen atoms in total. The van der Waals surface area contributed by atoms with Crippen molar-refractivity contribution >= 4 is 28.3 Å². The Morgan fingerprint density at radius 3 is 2.96 bits per heavy atom. The molecular weight excluding hydrogens is 348 g/mol. The fourth-order valence-corrected chi connectivity index (χ4v) is 4.27. The zero-order chi connectivity index (χ0) is 18.5. The van der Waals surface area contributed by atoms with Crippen LogP contribution in [0.1, 0.15) is 34.9 Å². The van der Waals surface area contributed by atoms with Crippen LogP contribution in [0.4, 0.5) is 5.00 Å². The number of fused-ring (bicyclic) bond motifs is 1. The highest BCUT2D eigenvalue weighted by atomic mass is 32.1. The molecule has 0 radical (unpaired) electrons. The van der Waals surface area contributed by atoms with E-state index >= 15 is 0 Å². The van der Waals surface area contributed by atoms with Crippen LogP contribution in [0.5, 0.6) is 11.5 Å². The molecule has 1 N–H and O–H groups in total. The van der Waals surface area contributed by atoms with E-state index in [1.165, 1.54) is 16.2 Å². The van der Waals surface area contributed by atoms with Crippen LogP contribution < -0.4 is 14.8 Å². The van der Waals surface area contributed by atoms with Gasteiger partial charge in [-0.25, -0.2) is 0 Å². The third-order valence-corrected chi connectivity index (χ3v) is 5.40. The molecule has 3 rings (SSSR count). The molecule has 0 bridgehead atoms. The van der Waals surface area contributed by atoms with Crippen molar-refractivity contribution in [3.63, 3.8) is 0 Å². The first-order chi connectivity index (χ1) is 12.7. The van der Waals surface area contributed by atoms with Crippen molar-refractivity contribution in [1.82, 2.24) is 0 Å². The summed E-state index contributed by atoms with van der Waals surface area (Å²) in [5.41, 5.74) is 2.69. The number of amides is 1. The molecule has 1 aliphatic carbocycles. The highest BCUT2D eigenvalue weighted by Crippen LogP contribution is 2.38. The maximum Gasteiger partial charge on any atom is 0.262 e. The number of thiophene rings is 1. The van der Waals surface area contributed by atoms with Gasteiger partial charge < -0.3 is 14.8 Å². The van der Waals surface area contributed by atoms with Crippen molar-refractivity contribution in [2.45, 2.75) is 26.2 Å². The predicted octanol–water partition coefficient (Wildman–Crippen LogP) is 4.17. The summed E-state index contributed by atoms with van der Waals surface area (Å²) < 4.78 is 10.9. The first-order valence-electron chi connectivity index (χ1n) is 8.44. The van der Waals surface area contributed by atoms with Crippen LogP contribution in [0, 0.1) is 11.3 Å². The van der Waals surface area contributed by atoms with Crippen LogP contribution in [0.3, 0.4) is 0 Å². The summed E-state index contributed by atoms with van der Waals surface area (Å²) in [6.45, 7) is 1.80. The topological polar surface area (TPSA) is 71.3 Å². The molecule has 1 heterocycles. The van der Waals surface area contributed by atoms with Crippen molar-refractivity contribution in [3.8, 4) is 17.6 Å². The second kappa shape index (κ2) is 8.07. The van der Waals surface area contributed by atoms with Gasteiger partial charge in [0.15, 0.2) is 18.1 Å². The normalized spacial score (nSPS) is 12.7. The first-order valence-corrected chi connectivity index (χ1v) is 9.26. The number of rotatable bonds is 6. The number of benzene rings is 1. The number of methoxy groups -OCH3 is 1. The summed E-state index contributed by atoms with van der Waals surface area (Å²) in [6.07, 6.45) is 6.87. The van der Waals surface area contributed by atoms with Gasteiger partial charge in [-0.1, -0.05) is 18.2 Å². The van der Waals surface area contributed by atoms with Crippen molar-refractivity contribution in [2.24, 2.45) is 0 Å². The van der Waals surface area contributed by atoms with E-state index in [4.69, 9.17) is 9.47 Å². The van der Waals surface area contributed by atoms with E-state index in [1.807, 2.05) is 31.2 Å². The Bertz CT molecular complexity index is 893. The fraction of sp³-hybridized carbons (Fsp3) is 0.300. The third-order valence-electron chi connectivity index (χ3n) is 4.19. The molecule has 6 heteroatoms. The summed E-state index contributed by atoms with van der Waals surface area (Å²) >= 11 is 1.50. The van der Waals surface area contributed by atoms with Crippen LogP contribution >= 0.6 is 11.3 Å². The van der Waals surface area contributed by atoms with E-state index in [9.17, 15) is 10.1 Å². The lowest BCUT2D eigenvalue weighted by Gasteiger charge is -2.11. The van der Waals surface area contributed by atoms with E-state index in [0.717, 1.165) is 30.4 Å². The maximum absolute atomic E-state index is 12.3. The smallest absolute Gasteiger partial charge is 0.262 e. The van der Waals surface area contributed by atoms with Crippen molar-refractivity contribution in [1.29, 1.82) is 5.26 Å². The molecule has 0 saturated heterocycles. The monoisotopic (exact) mass is 368 g/mol. The van der Waals surface area contributed by atoms with Crippen molar-refractivity contribution in [3.05, 3.63) is 45.8 Å². The van der Waals surface area contributed by atoms with Gasteiger partial charge in [0.2, 0.25) is 0 Å². The number of allylic oxidation sites excluding steroid dienone is 1. The summed E-state index contributed by atoms with van der Waals surface area (Å²) in [6, 6.07) is 7.75. The Hall–Kier alpha value is -2.78. The van der Waals surface area contributed by atoms with Gasteiger partial charge in [0.05, 0.1) is 12.7 Å². The number of hydrogen-bond donors (Lipinski definition) is 1. The SMILES string of the molecule is C/C=C/c1ccc(OCC(=O)Nc2sc3c(c2C#N)CCC3)c(OC)c1. The lowest BCUT2D eigenvalue weighted by atomic mass is 10.1. The number of aryl methyl sites for hydroxylation is 1. The number of nitrogens with zero attached hydrogens (tertiary/aromatic N) is 1. The van der Waals surface area contributed by atoms with Gasteiger partial charge in [-0.05, 0) is 49.4 Å². The summed E-state index contributed by atoms with van der Waals surface area (Å²) in [5, 5.41) is 12.8. The van der Waals surface area contributed by atoms with Gasteiger partial charge >= 0.3 is 0 Å². The van der Waals surface area contributed by atoms with Crippen LogP contribution in [0.2, 0.25) is 0 Å². The number of nitrogens with one attached hydrogen (secondary N) is 1. The number of carbonyl (C=O) groups is 1. The van der Waals surface area contributed by atoms with Gasteiger partial charge in [-0.3, -0.25) is 4.79 Å². The van der Waals surface area contributed by atoms with Gasteiger partial charge in [0.1, 0.15) is 11.1 Å². The number of anilines is 1. The fourth-order valence-electron chi connectivity index (χ4n) is 3.02. The molecule has 0 aliphatic heterocycles. The molecular formula is C20H20N2O3S. The van der Waals surface area contributed by atoms with E-state index in [-0.39, 0.29) is 12.5 Å². The Morgan fingerprint density at radius 1 is 1.38 bits per heavy atom. The van der Waals surface area contributed by atoms with E-state index in [2.05, 4.69) is 11.4 Å². The quantitative estimate of drug-likeness (QED) is 0.831. The molecule has 0 saturated carbocycles. The average Bonchev–Trinajstić information content (AvgIpc) is 3.21. The molecule has 2 aromatic rings. The van der Waals surface area contributed by atoms with Crippen LogP contribution in [0.25, 0.3) is 6.08 Å². The largest absolute Gasteiger partial charge is 0.493 e. The number of carbonyl (C=O) groups excluding carboxylic acids is 1. The highest BCUT2D eigenvalue weighted by Gasteiger charge is 2.23. The minimum Gasteiger partial charge on any atom is -0.493 e. The summed E-state index contributed by atoms with van der Waals surface area (Å²) in [5.74, 6) is 0.785. The Morgan fingerprint density at radius 2 is 2.23 bits per heavy atom. The number of hydrogen-bond acceptors (Lipinski definition) is 5. The molecule has 26 heavy (non-hydrogen) atoms. The molecule has 1 aromatic carbocycles. The highest BCUT2D eigenvalue weighted by molar-refractivity contribution is 7.16. The van der Waals surface area contributed by atoms with Crippen molar-refractivity contribution < 1.29 is 14.3 Å². The second-order valence-corrected chi connectivity index (χ2v) is 7.03. The van der Waals surface area contributed by atoms with E-state index in [1.54, 1.807) is 13.2 Å². The Balaban J connectivity index is 1.66. The second-order valence-electron chi connectivity index (χ2n) is 5.92. The van der Waals surface area contributed by atoms with Crippen molar-refractivity contribution in [2.75, 3.05) is 19.0 Å². The van der Waals surface area contributed by atoms with Crippen LogP contribution in [-0.2, 0) is 17.6 Å². The first kappa shape index (κ1) is 18.0. The maximum atomic E-state index is 12.3.